The molecule has 110 valence electrons. The molecule has 0 unspecified atom stereocenters. The normalized spacial score (nSPS) is 10.5. The lowest BCUT2D eigenvalue weighted by molar-refractivity contribution is -0.688. The third-order valence-corrected chi connectivity index (χ3v) is 3.82. The van der Waals surface area contributed by atoms with Gasteiger partial charge in [0.2, 0.25) is 0 Å². The van der Waals surface area contributed by atoms with Crippen LogP contribution in [0.3, 0.4) is 0 Å². The molecule has 0 aliphatic carbocycles. The first-order valence-corrected chi connectivity index (χ1v) is 7.53. The summed E-state index contributed by atoms with van der Waals surface area (Å²) in [5.74, 6) is 0. The summed E-state index contributed by atoms with van der Waals surface area (Å²) in [6.45, 7) is 0.892. The molecule has 22 heavy (non-hydrogen) atoms. The van der Waals surface area contributed by atoms with E-state index < -0.39 is 0 Å². The maximum atomic E-state index is 2.20. The van der Waals surface area contributed by atoms with Crippen LogP contribution in [-0.2, 0) is 6.54 Å². The minimum atomic E-state index is 0.892. The fourth-order valence-corrected chi connectivity index (χ4v) is 2.50. The summed E-state index contributed by atoms with van der Waals surface area (Å²) in [5.41, 5.74) is 5.05. The molecule has 0 fully saturated rings. The first kappa shape index (κ1) is 14.3. The molecule has 0 saturated heterocycles. The molecule has 2 nitrogen and oxygen atoms in total. The van der Waals surface area contributed by atoms with Crippen molar-refractivity contribution in [3.05, 3.63) is 84.7 Å². The summed E-state index contributed by atoms with van der Waals surface area (Å²) in [7, 11) is 4.12. The molecule has 0 saturated carbocycles. The Balaban J connectivity index is 1.73. The Morgan fingerprint density at radius 1 is 0.727 bits per heavy atom. The van der Waals surface area contributed by atoms with Gasteiger partial charge in [0.25, 0.3) is 0 Å². The maximum absolute atomic E-state index is 2.20. The fraction of sp³-hybridized carbons (Fsp3) is 0.150. The van der Waals surface area contributed by atoms with Crippen LogP contribution in [0.4, 0.5) is 5.69 Å². The number of pyridine rings is 1. The number of hydrogen-bond acceptors (Lipinski definition) is 1. The van der Waals surface area contributed by atoms with E-state index in [0.717, 1.165) is 6.54 Å². The fourth-order valence-electron chi connectivity index (χ4n) is 2.50. The van der Waals surface area contributed by atoms with Crippen LogP contribution < -0.4 is 9.47 Å². The molecule has 0 N–H and O–H groups in total. The Morgan fingerprint density at radius 2 is 1.32 bits per heavy atom. The van der Waals surface area contributed by atoms with Crippen LogP contribution in [0.15, 0.2) is 79.1 Å². The smallest absolute Gasteiger partial charge is 0.173 e. The van der Waals surface area contributed by atoms with Gasteiger partial charge < -0.3 is 4.90 Å². The predicted octanol–water partition coefficient (Wildman–Crippen LogP) is 3.76. The summed E-state index contributed by atoms with van der Waals surface area (Å²) in [6, 6.07) is 23.6. The molecular formula is C20H21N2+. The predicted molar refractivity (Wildman–Crippen MR) is 91.9 cm³/mol. The minimum Gasteiger partial charge on any atom is -0.377 e. The van der Waals surface area contributed by atoms with E-state index in [1.54, 1.807) is 0 Å². The lowest BCUT2D eigenvalue weighted by Crippen LogP contribution is -2.33. The van der Waals surface area contributed by atoms with Crippen LogP contribution >= 0.6 is 0 Å². The van der Waals surface area contributed by atoms with E-state index in [-0.39, 0.29) is 0 Å². The van der Waals surface area contributed by atoms with Crippen LogP contribution in [0.25, 0.3) is 11.1 Å². The molecular weight excluding hydrogens is 268 g/mol. The van der Waals surface area contributed by atoms with E-state index in [1.165, 1.54) is 22.4 Å². The van der Waals surface area contributed by atoms with E-state index >= 15 is 0 Å². The zero-order valence-electron chi connectivity index (χ0n) is 13.1. The van der Waals surface area contributed by atoms with Crippen molar-refractivity contribution < 1.29 is 4.57 Å². The van der Waals surface area contributed by atoms with Crippen LogP contribution in [0, 0.1) is 0 Å². The third kappa shape index (κ3) is 3.34. The van der Waals surface area contributed by atoms with Crippen molar-refractivity contribution in [3.63, 3.8) is 0 Å². The first-order chi connectivity index (χ1) is 10.7. The molecule has 2 aromatic carbocycles. The summed E-state index contributed by atoms with van der Waals surface area (Å²) in [6.07, 6.45) is 4.25. The van der Waals surface area contributed by atoms with E-state index in [9.17, 15) is 0 Å². The molecule has 3 aromatic rings. The second kappa shape index (κ2) is 6.44. The first-order valence-electron chi connectivity index (χ1n) is 7.53. The van der Waals surface area contributed by atoms with Gasteiger partial charge in [-0.1, -0.05) is 54.6 Å². The molecule has 0 aliphatic heterocycles. The molecule has 0 spiro atoms. The number of anilines is 1. The highest BCUT2D eigenvalue weighted by molar-refractivity contribution is 5.63. The van der Waals surface area contributed by atoms with Crippen LogP contribution in [0.2, 0.25) is 0 Å². The minimum absolute atomic E-state index is 0.892. The largest absolute Gasteiger partial charge is 0.377 e. The Kier molecular flexibility index (Phi) is 4.19. The second-order valence-corrected chi connectivity index (χ2v) is 5.69. The molecule has 0 radical (unpaired) electrons. The van der Waals surface area contributed by atoms with Gasteiger partial charge in [-0.2, -0.15) is 0 Å². The van der Waals surface area contributed by atoms with Crippen molar-refractivity contribution in [3.8, 4) is 11.1 Å². The lowest BCUT2D eigenvalue weighted by atomic mass is 10.0. The topological polar surface area (TPSA) is 7.12 Å². The quantitative estimate of drug-likeness (QED) is 0.663. The molecule has 0 aliphatic rings. The van der Waals surface area contributed by atoms with Crippen LogP contribution in [0.1, 0.15) is 5.56 Å². The average molecular weight is 289 g/mol. The van der Waals surface area contributed by atoms with Crippen LogP contribution in [-0.4, -0.2) is 14.1 Å². The van der Waals surface area contributed by atoms with Gasteiger partial charge in [0.15, 0.2) is 18.9 Å². The van der Waals surface area contributed by atoms with Gasteiger partial charge in [0, 0.05) is 37.5 Å². The Morgan fingerprint density at radius 3 is 1.91 bits per heavy atom. The van der Waals surface area contributed by atoms with E-state index in [1.807, 2.05) is 6.07 Å². The molecule has 2 heteroatoms. The second-order valence-electron chi connectivity index (χ2n) is 5.69. The Hall–Kier alpha value is -2.61. The number of nitrogens with zero attached hydrogens (tertiary/aromatic N) is 2. The highest BCUT2D eigenvalue weighted by atomic mass is 15.1. The van der Waals surface area contributed by atoms with Crippen molar-refractivity contribution in [2.45, 2.75) is 6.54 Å². The Bertz CT molecular complexity index is 714. The monoisotopic (exact) mass is 289 g/mol. The zero-order valence-corrected chi connectivity index (χ0v) is 13.1. The average Bonchev–Trinajstić information content (AvgIpc) is 2.57. The van der Waals surface area contributed by atoms with Crippen molar-refractivity contribution in [2.75, 3.05) is 19.0 Å². The highest BCUT2D eigenvalue weighted by Crippen LogP contribution is 2.19. The standard InChI is InChI=1S/C20H21N2/c1-21(2)20-12-14-22(15-13-20)16-17-8-10-19(11-9-17)18-6-4-3-5-7-18/h3-15H,16H2,1-2H3/q+1. The van der Waals surface area contributed by atoms with E-state index in [2.05, 4.69) is 96.6 Å². The van der Waals surface area contributed by atoms with Crippen LogP contribution in [0.5, 0.6) is 0 Å². The SMILES string of the molecule is CN(C)c1cc[n+](Cc2ccc(-c3ccccc3)cc2)cc1. The van der Waals surface area contributed by atoms with Gasteiger partial charge in [-0.05, 0) is 11.1 Å². The highest BCUT2D eigenvalue weighted by Gasteiger charge is 2.04. The molecule has 1 aromatic heterocycles. The number of benzene rings is 2. The maximum Gasteiger partial charge on any atom is 0.173 e. The van der Waals surface area contributed by atoms with E-state index in [0.29, 0.717) is 0 Å². The molecule has 3 rings (SSSR count). The van der Waals surface area contributed by atoms with E-state index in [4.69, 9.17) is 0 Å². The summed E-state index contributed by atoms with van der Waals surface area (Å²) < 4.78 is 2.20. The Labute approximate surface area is 132 Å². The van der Waals surface area contributed by atoms with Crippen molar-refractivity contribution in [1.82, 2.24) is 0 Å². The van der Waals surface area contributed by atoms with Gasteiger partial charge in [-0.25, -0.2) is 4.57 Å². The van der Waals surface area contributed by atoms with Crippen molar-refractivity contribution in [2.24, 2.45) is 0 Å². The number of rotatable bonds is 4. The van der Waals surface area contributed by atoms with Gasteiger partial charge >= 0.3 is 0 Å². The molecule has 0 amide bonds. The van der Waals surface area contributed by atoms with Crippen molar-refractivity contribution >= 4 is 5.69 Å². The van der Waals surface area contributed by atoms with Gasteiger partial charge in [-0.15, -0.1) is 0 Å². The number of aromatic nitrogens is 1. The van der Waals surface area contributed by atoms with Gasteiger partial charge in [-0.3, -0.25) is 0 Å². The molecule has 0 bridgehead atoms. The summed E-state index contributed by atoms with van der Waals surface area (Å²) in [5, 5.41) is 0. The zero-order chi connectivity index (χ0) is 15.4. The molecule has 1 heterocycles. The summed E-state index contributed by atoms with van der Waals surface area (Å²) >= 11 is 0. The lowest BCUT2D eigenvalue weighted by Gasteiger charge is -2.10. The third-order valence-electron chi connectivity index (χ3n) is 3.82. The van der Waals surface area contributed by atoms with Gasteiger partial charge in [0.05, 0.1) is 0 Å². The van der Waals surface area contributed by atoms with Gasteiger partial charge in [0.1, 0.15) is 0 Å². The number of hydrogen-bond donors (Lipinski definition) is 0. The summed E-state index contributed by atoms with van der Waals surface area (Å²) in [4.78, 5) is 2.11. The molecule has 0 atom stereocenters. The van der Waals surface area contributed by atoms with Crippen molar-refractivity contribution in [1.29, 1.82) is 0 Å².